The molecule has 9 nitrogen and oxygen atoms in total. The van der Waals surface area contributed by atoms with Crippen molar-refractivity contribution in [3.63, 3.8) is 0 Å². The first-order valence-corrected chi connectivity index (χ1v) is 7.10. The molecule has 9 heteroatoms. The van der Waals surface area contributed by atoms with Gasteiger partial charge in [0.05, 0.1) is 5.69 Å². The molecule has 3 aromatic rings. The van der Waals surface area contributed by atoms with Crippen molar-refractivity contribution < 1.29 is 4.79 Å². The average Bonchev–Trinajstić information content (AvgIpc) is 2.93. The second kappa shape index (κ2) is 5.95. The quantitative estimate of drug-likeness (QED) is 0.737. The predicted octanol–water partition coefficient (Wildman–Crippen LogP) is 0.191. The number of anilines is 1. The van der Waals surface area contributed by atoms with E-state index in [1.165, 1.54) is 17.0 Å². The van der Waals surface area contributed by atoms with Crippen LogP contribution in [-0.4, -0.2) is 35.3 Å². The summed E-state index contributed by atoms with van der Waals surface area (Å²) in [6, 6.07) is 3.25. The summed E-state index contributed by atoms with van der Waals surface area (Å²) in [5.74, 6) is 0.596. The van der Waals surface area contributed by atoms with Crippen LogP contribution < -0.4 is 10.9 Å². The average molecular weight is 313 g/mol. The summed E-state index contributed by atoms with van der Waals surface area (Å²) in [5, 5.41) is 11.1. The first kappa shape index (κ1) is 14.8. The van der Waals surface area contributed by atoms with Gasteiger partial charge in [-0.05, 0) is 19.1 Å². The fourth-order valence-corrected chi connectivity index (χ4v) is 2.22. The number of aryl methyl sites for hydroxylation is 2. The molecule has 0 aromatic carbocycles. The maximum Gasteiger partial charge on any atom is 0.293 e. The number of hydrogen-bond acceptors (Lipinski definition) is 6. The van der Waals surface area contributed by atoms with Gasteiger partial charge in [-0.1, -0.05) is 6.92 Å². The van der Waals surface area contributed by atoms with Crippen molar-refractivity contribution in [3.05, 3.63) is 46.5 Å². The van der Waals surface area contributed by atoms with Crippen molar-refractivity contribution in [1.82, 2.24) is 29.4 Å². The lowest BCUT2D eigenvalue weighted by atomic mass is 10.4. The molecular weight excluding hydrogens is 298 g/mol. The van der Waals surface area contributed by atoms with Gasteiger partial charge in [0.1, 0.15) is 24.2 Å². The highest BCUT2D eigenvalue weighted by Gasteiger charge is 2.14. The van der Waals surface area contributed by atoms with E-state index in [-0.39, 0.29) is 18.0 Å². The minimum Gasteiger partial charge on any atom is -0.309 e. The van der Waals surface area contributed by atoms with Gasteiger partial charge in [-0.2, -0.15) is 10.2 Å². The number of carbonyl (C=O) groups excluding carboxylic acids is 1. The number of nitrogens with zero attached hydrogens (tertiary/aromatic N) is 6. The molecule has 0 aliphatic rings. The maximum atomic E-state index is 12.4. The van der Waals surface area contributed by atoms with E-state index in [0.717, 1.165) is 10.4 Å². The zero-order chi connectivity index (χ0) is 16.4. The van der Waals surface area contributed by atoms with Gasteiger partial charge in [0.15, 0.2) is 5.82 Å². The minimum absolute atomic E-state index is 0.198. The van der Waals surface area contributed by atoms with E-state index < -0.39 is 0 Å². The third kappa shape index (κ3) is 2.93. The number of fused-ring (bicyclic) bond motifs is 1. The number of nitrogens with one attached hydrogen (secondary N) is 1. The molecule has 0 unspecified atom stereocenters. The number of carbonyl (C=O) groups is 1. The Hall–Kier alpha value is -3.10. The molecule has 23 heavy (non-hydrogen) atoms. The molecule has 0 aliphatic heterocycles. The Labute approximate surface area is 131 Å². The zero-order valence-electron chi connectivity index (χ0n) is 12.7. The Balaban J connectivity index is 1.92. The van der Waals surface area contributed by atoms with Gasteiger partial charge in [-0.25, -0.2) is 19.2 Å². The van der Waals surface area contributed by atoms with Crippen LogP contribution >= 0.6 is 0 Å². The van der Waals surface area contributed by atoms with Crippen molar-refractivity contribution in [2.24, 2.45) is 0 Å². The molecule has 0 aliphatic carbocycles. The highest BCUT2D eigenvalue weighted by Crippen LogP contribution is 2.04. The van der Waals surface area contributed by atoms with E-state index >= 15 is 0 Å². The van der Waals surface area contributed by atoms with Crippen LogP contribution in [0.4, 0.5) is 5.82 Å². The summed E-state index contributed by atoms with van der Waals surface area (Å²) in [7, 11) is 0. The smallest absolute Gasteiger partial charge is 0.293 e. The van der Waals surface area contributed by atoms with Crippen molar-refractivity contribution in [2.45, 2.75) is 26.8 Å². The van der Waals surface area contributed by atoms with Crippen LogP contribution in [0, 0.1) is 6.92 Å². The lowest BCUT2D eigenvalue weighted by Gasteiger charge is -2.08. The first-order valence-electron chi connectivity index (χ1n) is 7.10. The van der Waals surface area contributed by atoms with Crippen LogP contribution in [0.15, 0.2) is 29.5 Å². The van der Waals surface area contributed by atoms with Gasteiger partial charge >= 0.3 is 0 Å². The standard InChI is InChI=1S/C14H15N7O2/c1-3-12-19-20(14(23)10-6-9(2)18-21(10)12)7-13(22)17-11-4-5-15-8-16-11/h4-6,8H,3,7H2,1-2H3,(H,15,16,17,22). The Bertz CT molecular complexity index is 914. The summed E-state index contributed by atoms with van der Waals surface area (Å²) in [6.45, 7) is 3.52. The van der Waals surface area contributed by atoms with E-state index in [4.69, 9.17) is 0 Å². The molecule has 0 radical (unpaired) electrons. The second-order valence-corrected chi connectivity index (χ2v) is 4.96. The Morgan fingerprint density at radius 2 is 2.17 bits per heavy atom. The molecule has 0 fully saturated rings. The van der Waals surface area contributed by atoms with Crippen LogP contribution in [0.5, 0.6) is 0 Å². The largest absolute Gasteiger partial charge is 0.309 e. The van der Waals surface area contributed by atoms with Crippen molar-refractivity contribution in [1.29, 1.82) is 0 Å². The summed E-state index contributed by atoms with van der Waals surface area (Å²) >= 11 is 0. The van der Waals surface area contributed by atoms with Crippen LogP contribution in [0.3, 0.4) is 0 Å². The minimum atomic E-state index is -0.388. The molecule has 118 valence electrons. The monoisotopic (exact) mass is 313 g/mol. The van der Waals surface area contributed by atoms with E-state index in [1.807, 2.05) is 6.92 Å². The summed E-state index contributed by atoms with van der Waals surface area (Å²) in [5.41, 5.74) is 0.770. The van der Waals surface area contributed by atoms with Crippen LogP contribution in [0.2, 0.25) is 0 Å². The van der Waals surface area contributed by atoms with Crippen LogP contribution in [-0.2, 0) is 17.8 Å². The number of hydrogen-bond donors (Lipinski definition) is 1. The molecule has 3 aromatic heterocycles. The van der Waals surface area contributed by atoms with E-state index in [2.05, 4.69) is 25.5 Å². The molecule has 0 saturated heterocycles. The Kier molecular flexibility index (Phi) is 3.83. The Morgan fingerprint density at radius 3 is 2.87 bits per heavy atom. The first-order chi connectivity index (χ1) is 11.1. The Morgan fingerprint density at radius 1 is 1.35 bits per heavy atom. The third-order valence-corrected chi connectivity index (χ3v) is 3.22. The van der Waals surface area contributed by atoms with Gasteiger partial charge in [0.25, 0.3) is 5.56 Å². The highest BCUT2D eigenvalue weighted by molar-refractivity contribution is 5.89. The maximum absolute atomic E-state index is 12.4. The lowest BCUT2D eigenvalue weighted by Crippen LogP contribution is -2.32. The van der Waals surface area contributed by atoms with Gasteiger partial charge in [-0.3, -0.25) is 9.59 Å². The van der Waals surface area contributed by atoms with Gasteiger partial charge < -0.3 is 5.32 Å². The van der Waals surface area contributed by atoms with E-state index in [9.17, 15) is 9.59 Å². The molecule has 0 atom stereocenters. The van der Waals surface area contributed by atoms with E-state index in [0.29, 0.717) is 23.6 Å². The van der Waals surface area contributed by atoms with Crippen LogP contribution in [0.1, 0.15) is 18.4 Å². The normalized spacial score (nSPS) is 10.9. The fourth-order valence-electron chi connectivity index (χ4n) is 2.22. The SMILES string of the molecule is CCc1nn(CC(=O)Nc2ccncn2)c(=O)c2cc(C)nn12. The number of rotatable bonds is 4. The topological polar surface area (TPSA) is 107 Å². The fraction of sp³-hybridized carbons (Fsp3) is 0.286. The molecule has 0 saturated carbocycles. The predicted molar refractivity (Wildman–Crippen MR) is 82.0 cm³/mol. The molecule has 3 rings (SSSR count). The molecule has 1 N–H and O–H groups in total. The molecular formula is C14H15N7O2. The summed E-state index contributed by atoms with van der Waals surface area (Å²) in [4.78, 5) is 32.2. The third-order valence-electron chi connectivity index (χ3n) is 3.22. The summed E-state index contributed by atoms with van der Waals surface area (Å²) < 4.78 is 2.67. The highest BCUT2D eigenvalue weighted by atomic mass is 16.2. The zero-order valence-corrected chi connectivity index (χ0v) is 12.7. The second-order valence-electron chi connectivity index (χ2n) is 4.96. The molecule has 0 spiro atoms. The molecule has 3 heterocycles. The lowest BCUT2D eigenvalue weighted by molar-refractivity contribution is -0.117. The van der Waals surface area contributed by atoms with Crippen molar-refractivity contribution in [2.75, 3.05) is 5.32 Å². The number of amides is 1. The summed E-state index contributed by atoms with van der Waals surface area (Å²) in [6.07, 6.45) is 3.44. The molecule has 0 bridgehead atoms. The van der Waals surface area contributed by atoms with Crippen LogP contribution in [0.25, 0.3) is 5.52 Å². The van der Waals surface area contributed by atoms with Gasteiger partial charge in [0.2, 0.25) is 5.91 Å². The van der Waals surface area contributed by atoms with Gasteiger partial charge in [-0.15, -0.1) is 0 Å². The number of aromatic nitrogens is 6. The van der Waals surface area contributed by atoms with Gasteiger partial charge in [0, 0.05) is 12.6 Å². The molecule has 1 amide bonds. The van der Waals surface area contributed by atoms with Crippen molar-refractivity contribution in [3.8, 4) is 0 Å². The van der Waals surface area contributed by atoms with E-state index in [1.54, 1.807) is 19.1 Å². The van der Waals surface area contributed by atoms with Crippen molar-refractivity contribution >= 4 is 17.2 Å².